The molecule has 23 heavy (non-hydrogen) atoms. The summed E-state index contributed by atoms with van der Waals surface area (Å²) in [4.78, 5) is 8.66. The van der Waals surface area contributed by atoms with Crippen LogP contribution in [0.5, 0.6) is 0 Å². The standard InChI is InChI=1S/C17H20F2N4/c1-11-9-16(21-13-5-3-2-4-6-13)23-17(20-11)22-15-8-7-12(18)10-14(15)19/h7-10,13H,2-6H2,1H3,(H2,20,21,22,23). The largest absolute Gasteiger partial charge is 0.367 e. The molecule has 0 radical (unpaired) electrons. The van der Waals surface area contributed by atoms with E-state index < -0.39 is 11.6 Å². The maximum atomic E-state index is 13.7. The van der Waals surface area contributed by atoms with Crippen LogP contribution >= 0.6 is 0 Å². The summed E-state index contributed by atoms with van der Waals surface area (Å²) in [5, 5.41) is 6.24. The number of hydrogen-bond acceptors (Lipinski definition) is 4. The Bertz CT molecular complexity index is 684. The lowest BCUT2D eigenvalue weighted by Gasteiger charge is -2.23. The van der Waals surface area contributed by atoms with Gasteiger partial charge >= 0.3 is 0 Å². The van der Waals surface area contributed by atoms with Crippen molar-refractivity contribution < 1.29 is 8.78 Å². The smallest absolute Gasteiger partial charge is 0.229 e. The zero-order valence-electron chi connectivity index (χ0n) is 13.1. The second-order valence-corrected chi connectivity index (χ2v) is 5.95. The minimum absolute atomic E-state index is 0.153. The van der Waals surface area contributed by atoms with E-state index in [9.17, 15) is 8.78 Å². The van der Waals surface area contributed by atoms with Crippen LogP contribution < -0.4 is 10.6 Å². The molecule has 1 aromatic carbocycles. The van der Waals surface area contributed by atoms with E-state index >= 15 is 0 Å². The van der Waals surface area contributed by atoms with Gasteiger partial charge in [0.25, 0.3) is 0 Å². The number of aromatic nitrogens is 2. The molecule has 122 valence electrons. The zero-order valence-corrected chi connectivity index (χ0v) is 13.1. The van der Waals surface area contributed by atoms with Crippen LogP contribution in [0.4, 0.5) is 26.2 Å². The monoisotopic (exact) mass is 318 g/mol. The van der Waals surface area contributed by atoms with E-state index in [2.05, 4.69) is 20.6 Å². The van der Waals surface area contributed by atoms with Gasteiger partial charge in [-0.2, -0.15) is 4.98 Å². The first-order valence-electron chi connectivity index (χ1n) is 7.94. The number of halogens is 2. The molecule has 0 unspecified atom stereocenters. The summed E-state index contributed by atoms with van der Waals surface area (Å²) in [7, 11) is 0. The van der Waals surface area contributed by atoms with Crippen molar-refractivity contribution >= 4 is 17.5 Å². The Balaban J connectivity index is 1.76. The van der Waals surface area contributed by atoms with Crippen LogP contribution in [-0.4, -0.2) is 16.0 Å². The molecule has 0 saturated heterocycles. The number of benzene rings is 1. The van der Waals surface area contributed by atoms with E-state index in [4.69, 9.17) is 0 Å². The Kier molecular flexibility index (Phi) is 4.69. The summed E-state index contributed by atoms with van der Waals surface area (Å²) in [5.41, 5.74) is 0.934. The first kappa shape index (κ1) is 15.6. The van der Waals surface area contributed by atoms with E-state index in [1.807, 2.05) is 13.0 Å². The van der Waals surface area contributed by atoms with Crippen molar-refractivity contribution in [2.24, 2.45) is 0 Å². The Labute approximate surface area is 134 Å². The SMILES string of the molecule is Cc1cc(NC2CCCCC2)nc(Nc2ccc(F)cc2F)n1. The molecule has 2 N–H and O–H groups in total. The quantitative estimate of drug-likeness (QED) is 0.868. The molecule has 6 heteroatoms. The first-order valence-corrected chi connectivity index (χ1v) is 7.94. The molecule has 1 fully saturated rings. The minimum Gasteiger partial charge on any atom is -0.367 e. The normalized spacial score (nSPS) is 15.4. The first-order chi connectivity index (χ1) is 11.1. The van der Waals surface area contributed by atoms with Gasteiger partial charge in [0.1, 0.15) is 17.5 Å². The van der Waals surface area contributed by atoms with Gasteiger partial charge in [0, 0.05) is 23.9 Å². The van der Waals surface area contributed by atoms with Gasteiger partial charge < -0.3 is 10.6 Å². The van der Waals surface area contributed by atoms with Crippen LogP contribution in [0.1, 0.15) is 37.8 Å². The van der Waals surface area contributed by atoms with Gasteiger partial charge in [-0.1, -0.05) is 19.3 Å². The van der Waals surface area contributed by atoms with Crippen molar-refractivity contribution in [1.82, 2.24) is 9.97 Å². The molecule has 0 amide bonds. The fourth-order valence-electron chi connectivity index (χ4n) is 2.87. The fraction of sp³-hybridized carbons (Fsp3) is 0.412. The molecule has 4 nitrogen and oxygen atoms in total. The van der Waals surface area contributed by atoms with E-state index in [-0.39, 0.29) is 5.69 Å². The number of anilines is 3. The maximum absolute atomic E-state index is 13.7. The average molecular weight is 318 g/mol. The lowest BCUT2D eigenvalue weighted by molar-refractivity contribution is 0.462. The highest BCUT2D eigenvalue weighted by atomic mass is 19.1. The van der Waals surface area contributed by atoms with Gasteiger partial charge in [0.2, 0.25) is 5.95 Å². The summed E-state index contributed by atoms with van der Waals surface area (Å²) in [6.45, 7) is 1.86. The molecule has 0 bridgehead atoms. The molecule has 1 aliphatic carbocycles. The third kappa shape index (κ3) is 4.15. The molecule has 0 atom stereocenters. The third-order valence-corrected chi connectivity index (χ3v) is 3.99. The van der Waals surface area contributed by atoms with Crippen LogP contribution in [-0.2, 0) is 0 Å². The number of aryl methyl sites for hydroxylation is 1. The minimum atomic E-state index is -0.670. The predicted octanol–water partition coefficient (Wildman–Crippen LogP) is 4.55. The lowest BCUT2D eigenvalue weighted by Crippen LogP contribution is -2.23. The Morgan fingerprint density at radius 3 is 2.57 bits per heavy atom. The van der Waals surface area contributed by atoms with Crippen molar-refractivity contribution in [3.05, 3.63) is 41.6 Å². The Morgan fingerprint density at radius 1 is 1.04 bits per heavy atom. The van der Waals surface area contributed by atoms with Gasteiger partial charge in [-0.05, 0) is 31.9 Å². The zero-order chi connectivity index (χ0) is 16.2. The second kappa shape index (κ2) is 6.89. The number of nitrogens with one attached hydrogen (secondary N) is 2. The topological polar surface area (TPSA) is 49.8 Å². The highest BCUT2D eigenvalue weighted by Gasteiger charge is 2.14. The highest BCUT2D eigenvalue weighted by molar-refractivity contribution is 5.56. The van der Waals surface area contributed by atoms with Gasteiger partial charge in [0.05, 0.1) is 5.69 Å². The van der Waals surface area contributed by atoms with Crippen LogP contribution in [0.15, 0.2) is 24.3 Å². The highest BCUT2D eigenvalue weighted by Crippen LogP contribution is 2.23. The number of rotatable bonds is 4. The van der Waals surface area contributed by atoms with Crippen molar-refractivity contribution in [2.45, 2.75) is 45.1 Å². The fourth-order valence-corrected chi connectivity index (χ4v) is 2.87. The molecular formula is C17H20F2N4. The van der Waals surface area contributed by atoms with Crippen LogP contribution in [0.3, 0.4) is 0 Å². The second-order valence-electron chi connectivity index (χ2n) is 5.95. The third-order valence-electron chi connectivity index (χ3n) is 3.99. The molecule has 1 aliphatic rings. The molecule has 0 spiro atoms. The van der Waals surface area contributed by atoms with Crippen molar-refractivity contribution in [3.63, 3.8) is 0 Å². The summed E-state index contributed by atoms with van der Waals surface area (Å²) in [6, 6.07) is 5.67. The van der Waals surface area contributed by atoms with E-state index in [1.54, 1.807) is 0 Å². The van der Waals surface area contributed by atoms with Gasteiger partial charge in [-0.3, -0.25) is 0 Å². The van der Waals surface area contributed by atoms with Crippen LogP contribution in [0, 0.1) is 18.6 Å². The van der Waals surface area contributed by atoms with Gasteiger partial charge in [-0.15, -0.1) is 0 Å². The predicted molar refractivity (Wildman–Crippen MR) is 86.9 cm³/mol. The van der Waals surface area contributed by atoms with Gasteiger partial charge in [-0.25, -0.2) is 13.8 Å². The molecule has 1 saturated carbocycles. The average Bonchev–Trinajstić information content (AvgIpc) is 2.50. The van der Waals surface area contributed by atoms with Crippen LogP contribution in [0.2, 0.25) is 0 Å². The number of hydrogen-bond donors (Lipinski definition) is 2. The molecular weight excluding hydrogens is 298 g/mol. The van der Waals surface area contributed by atoms with E-state index in [0.717, 1.165) is 30.4 Å². The van der Waals surface area contributed by atoms with E-state index in [1.165, 1.54) is 31.4 Å². The van der Waals surface area contributed by atoms with E-state index in [0.29, 0.717) is 12.0 Å². The summed E-state index contributed by atoms with van der Waals surface area (Å²) in [6.07, 6.45) is 6.02. The Morgan fingerprint density at radius 2 is 1.83 bits per heavy atom. The van der Waals surface area contributed by atoms with Crippen molar-refractivity contribution in [1.29, 1.82) is 0 Å². The summed E-state index contributed by atoms with van der Waals surface area (Å²) < 4.78 is 26.7. The number of nitrogens with zero attached hydrogens (tertiary/aromatic N) is 2. The van der Waals surface area contributed by atoms with Crippen molar-refractivity contribution in [3.8, 4) is 0 Å². The summed E-state index contributed by atoms with van der Waals surface area (Å²) >= 11 is 0. The molecule has 3 rings (SSSR count). The molecule has 2 aromatic rings. The Hall–Kier alpha value is -2.24. The lowest BCUT2D eigenvalue weighted by atomic mass is 9.95. The molecule has 0 aliphatic heterocycles. The van der Waals surface area contributed by atoms with Crippen molar-refractivity contribution in [2.75, 3.05) is 10.6 Å². The van der Waals surface area contributed by atoms with Crippen LogP contribution in [0.25, 0.3) is 0 Å². The maximum Gasteiger partial charge on any atom is 0.229 e. The molecule has 1 aromatic heterocycles. The molecule has 1 heterocycles. The summed E-state index contributed by atoms with van der Waals surface area (Å²) in [5.74, 6) is -0.252. The van der Waals surface area contributed by atoms with Gasteiger partial charge in [0.15, 0.2) is 0 Å².